The second-order valence-corrected chi connectivity index (χ2v) is 6.81. The molecule has 0 bridgehead atoms. The maximum absolute atomic E-state index is 12.6. The highest BCUT2D eigenvalue weighted by atomic mass is 16.2. The van der Waals surface area contributed by atoms with E-state index in [1.807, 2.05) is 24.3 Å². The number of hydrogen-bond donors (Lipinski definition) is 1. The molecule has 128 valence electrons. The van der Waals surface area contributed by atoms with Crippen molar-refractivity contribution < 1.29 is 4.79 Å². The van der Waals surface area contributed by atoms with Gasteiger partial charge in [0.15, 0.2) is 11.7 Å². The number of para-hydroxylation sites is 2. The van der Waals surface area contributed by atoms with E-state index in [1.165, 1.54) is 6.42 Å². The summed E-state index contributed by atoms with van der Waals surface area (Å²) < 4.78 is 0. The topological polar surface area (TPSA) is 81.9 Å². The largest absolute Gasteiger partial charge is 0.355 e. The van der Waals surface area contributed by atoms with Gasteiger partial charge >= 0.3 is 0 Å². The van der Waals surface area contributed by atoms with Crippen LogP contribution < -0.4 is 10.2 Å². The van der Waals surface area contributed by atoms with Crippen molar-refractivity contribution in [3.05, 3.63) is 30.0 Å². The molecule has 6 nitrogen and oxygen atoms in total. The fourth-order valence-corrected chi connectivity index (χ4v) is 3.29. The maximum Gasteiger partial charge on any atom is 0.243 e. The third kappa shape index (κ3) is 3.27. The van der Waals surface area contributed by atoms with Crippen molar-refractivity contribution in [1.29, 1.82) is 5.26 Å². The van der Waals surface area contributed by atoms with Crippen LogP contribution in [-0.2, 0) is 4.79 Å². The lowest BCUT2D eigenvalue weighted by Gasteiger charge is -2.29. The van der Waals surface area contributed by atoms with Gasteiger partial charge in [-0.3, -0.25) is 4.79 Å². The Labute approximate surface area is 146 Å². The summed E-state index contributed by atoms with van der Waals surface area (Å²) in [5, 5.41) is 12.6. The number of benzene rings is 1. The molecule has 25 heavy (non-hydrogen) atoms. The number of rotatable bonds is 4. The fourth-order valence-electron chi connectivity index (χ4n) is 3.29. The molecule has 2 heterocycles. The van der Waals surface area contributed by atoms with Crippen molar-refractivity contribution in [2.75, 3.05) is 18.0 Å². The van der Waals surface area contributed by atoms with Crippen LogP contribution in [0, 0.1) is 11.3 Å². The van der Waals surface area contributed by atoms with Gasteiger partial charge in [0.1, 0.15) is 5.69 Å². The summed E-state index contributed by atoms with van der Waals surface area (Å²) in [4.78, 5) is 24.2. The SMILES string of the molecule is N#C[C@H](C(=O)NC1CC1)c1nc2ccccc2nc1N1CCCCC1. The first-order valence-electron chi connectivity index (χ1n) is 8.98. The zero-order chi connectivity index (χ0) is 17.2. The molecule has 1 aromatic carbocycles. The van der Waals surface area contributed by atoms with Gasteiger partial charge in [-0.1, -0.05) is 12.1 Å². The van der Waals surface area contributed by atoms with Crippen LogP contribution in [0.2, 0.25) is 0 Å². The van der Waals surface area contributed by atoms with Gasteiger partial charge in [-0.2, -0.15) is 5.26 Å². The summed E-state index contributed by atoms with van der Waals surface area (Å²) in [5.74, 6) is -0.488. The van der Waals surface area contributed by atoms with Crippen LogP contribution in [0.1, 0.15) is 43.7 Å². The molecule has 6 heteroatoms. The summed E-state index contributed by atoms with van der Waals surface area (Å²) >= 11 is 0. The summed E-state index contributed by atoms with van der Waals surface area (Å²) in [6, 6.07) is 9.99. The maximum atomic E-state index is 12.6. The Hall–Kier alpha value is -2.68. The lowest BCUT2D eigenvalue weighted by atomic mass is 10.0. The van der Waals surface area contributed by atoms with Gasteiger partial charge in [0.05, 0.1) is 17.1 Å². The molecule has 1 saturated heterocycles. The number of carbonyl (C=O) groups excluding carboxylic acids is 1. The van der Waals surface area contributed by atoms with Crippen LogP contribution in [0.3, 0.4) is 0 Å². The second kappa shape index (κ2) is 6.67. The second-order valence-electron chi connectivity index (χ2n) is 6.81. The molecule has 1 atom stereocenters. The smallest absolute Gasteiger partial charge is 0.243 e. The van der Waals surface area contributed by atoms with E-state index in [4.69, 9.17) is 4.98 Å². The van der Waals surface area contributed by atoms with Crippen molar-refractivity contribution >= 4 is 22.8 Å². The predicted octanol–water partition coefficient (Wildman–Crippen LogP) is 2.51. The van der Waals surface area contributed by atoms with E-state index >= 15 is 0 Å². The van der Waals surface area contributed by atoms with Gasteiger partial charge in [0.2, 0.25) is 5.91 Å². The Morgan fingerprint density at radius 3 is 2.48 bits per heavy atom. The molecule has 0 radical (unpaired) electrons. The Bertz CT molecular complexity index is 833. The number of nitrogens with zero attached hydrogens (tertiary/aromatic N) is 4. The first-order chi connectivity index (χ1) is 12.3. The molecule has 1 amide bonds. The number of aromatic nitrogens is 2. The average molecular weight is 335 g/mol. The van der Waals surface area contributed by atoms with Crippen molar-refractivity contribution in [1.82, 2.24) is 15.3 Å². The van der Waals surface area contributed by atoms with E-state index < -0.39 is 5.92 Å². The normalized spacial score (nSPS) is 18.6. The average Bonchev–Trinajstić information content (AvgIpc) is 3.46. The van der Waals surface area contributed by atoms with Gasteiger partial charge in [0.25, 0.3) is 0 Å². The molecule has 2 fully saturated rings. The first-order valence-corrected chi connectivity index (χ1v) is 8.98. The van der Waals surface area contributed by atoms with Crippen LogP contribution in [0.15, 0.2) is 24.3 Å². The monoisotopic (exact) mass is 335 g/mol. The summed E-state index contributed by atoms with van der Waals surface area (Å²) in [7, 11) is 0. The van der Waals surface area contributed by atoms with Crippen molar-refractivity contribution in [3.8, 4) is 6.07 Å². The van der Waals surface area contributed by atoms with Crippen LogP contribution >= 0.6 is 0 Å². The summed E-state index contributed by atoms with van der Waals surface area (Å²) in [6.45, 7) is 1.78. The molecule has 0 unspecified atom stereocenters. The van der Waals surface area contributed by atoms with Crippen LogP contribution in [-0.4, -0.2) is 35.0 Å². The highest BCUT2D eigenvalue weighted by molar-refractivity contribution is 5.89. The van der Waals surface area contributed by atoms with E-state index in [-0.39, 0.29) is 11.9 Å². The number of piperidine rings is 1. The Kier molecular flexibility index (Phi) is 4.22. The molecular weight excluding hydrogens is 314 g/mol. The van der Waals surface area contributed by atoms with Crippen molar-refractivity contribution in [2.24, 2.45) is 0 Å². The number of nitrogens with one attached hydrogen (secondary N) is 1. The molecule has 1 aliphatic heterocycles. The highest BCUT2D eigenvalue weighted by Crippen LogP contribution is 2.30. The summed E-state index contributed by atoms with van der Waals surface area (Å²) in [5.41, 5.74) is 2.00. The number of anilines is 1. The predicted molar refractivity (Wildman–Crippen MR) is 95.1 cm³/mol. The lowest BCUT2D eigenvalue weighted by Crippen LogP contribution is -2.35. The van der Waals surface area contributed by atoms with E-state index in [2.05, 4.69) is 21.3 Å². The molecule has 1 N–H and O–H groups in total. The molecule has 4 rings (SSSR count). The number of nitriles is 1. The van der Waals surface area contributed by atoms with Crippen molar-refractivity contribution in [3.63, 3.8) is 0 Å². The Morgan fingerprint density at radius 1 is 1.16 bits per heavy atom. The molecule has 0 spiro atoms. The molecule has 2 aromatic rings. The summed E-state index contributed by atoms with van der Waals surface area (Å²) in [6.07, 6.45) is 5.38. The minimum atomic E-state index is -0.922. The number of carbonyl (C=O) groups is 1. The molecule has 1 aromatic heterocycles. The molecular formula is C19H21N5O. The third-order valence-electron chi connectivity index (χ3n) is 4.82. The van der Waals surface area contributed by atoms with Gasteiger partial charge in [-0.15, -0.1) is 0 Å². The molecule has 2 aliphatic rings. The lowest BCUT2D eigenvalue weighted by molar-refractivity contribution is -0.121. The number of amides is 1. The Morgan fingerprint density at radius 2 is 1.84 bits per heavy atom. The van der Waals surface area contributed by atoms with Gasteiger partial charge in [-0.05, 0) is 44.2 Å². The van der Waals surface area contributed by atoms with E-state index in [9.17, 15) is 10.1 Å². The number of hydrogen-bond acceptors (Lipinski definition) is 5. The Balaban J connectivity index is 1.78. The van der Waals surface area contributed by atoms with Gasteiger partial charge < -0.3 is 10.2 Å². The molecule has 1 aliphatic carbocycles. The number of fused-ring (bicyclic) bond motifs is 1. The van der Waals surface area contributed by atoms with E-state index in [0.717, 1.165) is 49.8 Å². The minimum Gasteiger partial charge on any atom is -0.355 e. The fraction of sp³-hybridized carbons (Fsp3) is 0.474. The minimum absolute atomic E-state index is 0.218. The van der Waals surface area contributed by atoms with Crippen molar-refractivity contribution in [2.45, 2.75) is 44.1 Å². The van der Waals surface area contributed by atoms with E-state index in [1.54, 1.807) is 0 Å². The van der Waals surface area contributed by atoms with Gasteiger partial charge in [-0.25, -0.2) is 9.97 Å². The van der Waals surface area contributed by atoms with Crippen LogP contribution in [0.4, 0.5) is 5.82 Å². The van der Waals surface area contributed by atoms with E-state index in [0.29, 0.717) is 11.5 Å². The zero-order valence-electron chi connectivity index (χ0n) is 14.1. The van der Waals surface area contributed by atoms with Crippen LogP contribution in [0.5, 0.6) is 0 Å². The van der Waals surface area contributed by atoms with Crippen LogP contribution in [0.25, 0.3) is 11.0 Å². The molecule has 1 saturated carbocycles. The quantitative estimate of drug-likeness (QED) is 0.928. The zero-order valence-corrected chi connectivity index (χ0v) is 14.1. The third-order valence-corrected chi connectivity index (χ3v) is 4.82. The van der Waals surface area contributed by atoms with Gasteiger partial charge in [0, 0.05) is 19.1 Å². The standard InChI is InChI=1S/C19H21N5O/c20-12-14(19(25)21-13-8-9-13)17-18(24-10-4-1-5-11-24)23-16-7-3-2-6-15(16)22-17/h2-3,6-7,13-14H,1,4-5,8-11H2,(H,21,25)/t14-/m0/s1. The highest BCUT2D eigenvalue weighted by Gasteiger charge is 2.32. The first kappa shape index (κ1) is 15.8.